The molecule has 20 heavy (non-hydrogen) atoms. The van der Waals surface area contributed by atoms with Crippen molar-refractivity contribution in [1.82, 2.24) is 5.32 Å². The molecule has 0 aromatic heterocycles. The number of benzene rings is 1. The van der Waals surface area contributed by atoms with Gasteiger partial charge in [0.25, 0.3) is 0 Å². The summed E-state index contributed by atoms with van der Waals surface area (Å²) in [7, 11) is 0. The number of rotatable bonds is 5. The predicted octanol–water partition coefficient (Wildman–Crippen LogP) is 1.83. The van der Waals surface area contributed by atoms with E-state index in [-0.39, 0.29) is 18.1 Å². The minimum atomic E-state index is -1.12. The Balaban J connectivity index is 1.89. The quantitative estimate of drug-likeness (QED) is 0.870. The molecule has 0 bridgehead atoms. The van der Waals surface area contributed by atoms with Gasteiger partial charge in [0.05, 0.1) is 0 Å². The zero-order valence-corrected chi connectivity index (χ0v) is 11.7. The van der Waals surface area contributed by atoms with E-state index in [2.05, 4.69) is 5.32 Å². The van der Waals surface area contributed by atoms with Gasteiger partial charge in [0, 0.05) is 12.2 Å². The molecule has 0 saturated carbocycles. The number of aryl methyl sites for hydroxylation is 1. The Kier molecular flexibility index (Phi) is 4.65. The second kappa shape index (κ2) is 6.26. The van der Waals surface area contributed by atoms with Crippen molar-refractivity contribution < 1.29 is 19.1 Å². The first-order chi connectivity index (χ1) is 9.52. The lowest BCUT2D eigenvalue weighted by Crippen LogP contribution is -2.54. The summed E-state index contributed by atoms with van der Waals surface area (Å²) < 4.78 is 12.7. The highest BCUT2D eigenvalue weighted by Crippen LogP contribution is 2.28. The van der Waals surface area contributed by atoms with Crippen molar-refractivity contribution in [1.29, 1.82) is 0 Å². The Labute approximate surface area is 120 Å². The number of nitrogens with one attached hydrogen (secondary N) is 1. The van der Waals surface area contributed by atoms with E-state index in [1.165, 1.54) is 23.9 Å². The van der Waals surface area contributed by atoms with Crippen molar-refractivity contribution >= 4 is 23.6 Å². The van der Waals surface area contributed by atoms with Gasteiger partial charge in [0.2, 0.25) is 5.91 Å². The minimum Gasteiger partial charge on any atom is -0.479 e. The maximum absolute atomic E-state index is 12.7. The number of carboxylic acids is 1. The zero-order chi connectivity index (χ0) is 14.6. The minimum absolute atomic E-state index is 0.200. The molecule has 2 rings (SSSR count). The predicted molar refractivity (Wildman–Crippen MR) is 75.2 cm³/mol. The average Bonchev–Trinajstić information content (AvgIpc) is 2.88. The van der Waals surface area contributed by atoms with E-state index in [9.17, 15) is 19.1 Å². The van der Waals surface area contributed by atoms with Crippen LogP contribution in [0.15, 0.2) is 24.3 Å². The van der Waals surface area contributed by atoms with Crippen LogP contribution in [0.2, 0.25) is 0 Å². The maximum Gasteiger partial charge on any atom is 0.330 e. The summed E-state index contributed by atoms with van der Waals surface area (Å²) in [6.45, 7) is 0. The molecule has 4 nitrogen and oxygen atoms in total. The van der Waals surface area contributed by atoms with Crippen LogP contribution in [-0.2, 0) is 16.0 Å². The Bertz CT molecular complexity index is 498. The summed E-state index contributed by atoms with van der Waals surface area (Å²) in [4.78, 5) is 23.2. The Morgan fingerprint density at radius 3 is 2.60 bits per heavy atom. The van der Waals surface area contributed by atoms with Crippen LogP contribution in [0.25, 0.3) is 0 Å². The topological polar surface area (TPSA) is 66.4 Å². The van der Waals surface area contributed by atoms with E-state index < -0.39 is 11.5 Å². The van der Waals surface area contributed by atoms with Crippen molar-refractivity contribution in [2.75, 3.05) is 11.5 Å². The van der Waals surface area contributed by atoms with Gasteiger partial charge in [-0.25, -0.2) is 9.18 Å². The molecule has 1 saturated heterocycles. The molecule has 1 amide bonds. The number of hydrogen-bond donors (Lipinski definition) is 2. The summed E-state index contributed by atoms with van der Waals surface area (Å²) in [6.07, 6.45) is 1.12. The third-order valence-electron chi connectivity index (χ3n) is 3.36. The molecule has 1 atom stereocenters. The number of amides is 1. The molecule has 0 spiro atoms. The van der Waals surface area contributed by atoms with Gasteiger partial charge in [-0.05, 0) is 36.3 Å². The van der Waals surface area contributed by atoms with E-state index in [1.54, 1.807) is 12.1 Å². The fourth-order valence-electron chi connectivity index (χ4n) is 2.12. The molecule has 1 aromatic rings. The number of aliphatic carboxylic acids is 1. The summed E-state index contributed by atoms with van der Waals surface area (Å²) in [5.74, 6) is -0.419. The van der Waals surface area contributed by atoms with E-state index in [4.69, 9.17) is 0 Å². The Morgan fingerprint density at radius 2 is 2.05 bits per heavy atom. The van der Waals surface area contributed by atoms with Crippen LogP contribution in [-0.4, -0.2) is 34.0 Å². The molecule has 1 heterocycles. The van der Waals surface area contributed by atoms with Gasteiger partial charge in [-0.2, -0.15) is 11.8 Å². The summed E-state index contributed by atoms with van der Waals surface area (Å²) in [5.41, 5.74) is -0.267. The van der Waals surface area contributed by atoms with Crippen LogP contribution >= 0.6 is 11.8 Å². The van der Waals surface area contributed by atoms with Crippen LogP contribution in [0, 0.1) is 5.82 Å². The first kappa shape index (κ1) is 14.8. The van der Waals surface area contributed by atoms with Crippen LogP contribution in [0.5, 0.6) is 0 Å². The molecular formula is C14H16FNO3S. The van der Waals surface area contributed by atoms with E-state index in [0.29, 0.717) is 18.6 Å². The third kappa shape index (κ3) is 3.50. The van der Waals surface area contributed by atoms with Crippen LogP contribution < -0.4 is 5.32 Å². The van der Waals surface area contributed by atoms with Gasteiger partial charge < -0.3 is 10.4 Å². The first-order valence-electron chi connectivity index (χ1n) is 6.38. The second-order valence-corrected chi connectivity index (χ2v) is 5.97. The normalized spacial score (nSPS) is 21.6. The van der Waals surface area contributed by atoms with Gasteiger partial charge >= 0.3 is 5.97 Å². The number of halogens is 1. The Hall–Kier alpha value is -1.56. The second-order valence-electron chi connectivity index (χ2n) is 4.86. The van der Waals surface area contributed by atoms with E-state index >= 15 is 0 Å². The molecule has 0 unspecified atom stereocenters. The van der Waals surface area contributed by atoms with Crippen molar-refractivity contribution in [2.45, 2.75) is 24.8 Å². The van der Waals surface area contributed by atoms with Crippen molar-refractivity contribution in [3.8, 4) is 0 Å². The highest BCUT2D eigenvalue weighted by molar-refractivity contribution is 7.99. The molecule has 0 aliphatic carbocycles. The standard InChI is InChI=1S/C14H16FNO3S/c15-11-4-1-10(2-5-11)3-6-12(17)16-14(13(18)19)7-8-20-9-14/h1-2,4-5H,3,6-9H2,(H,16,17)(H,18,19)/t14-/m0/s1. The number of carboxylic acid groups (broad SMARTS) is 1. The van der Waals surface area contributed by atoms with Gasteiger partial charge in [0.1, 0.15) is 11.4 Å². The molecule has 6 heteroatoms. The summed E-state index contributed by atoms with van der Waals surface area (Å²) in [6, 6.07) is 5.95. The highest BCUT2D eigenvalue weighted by atomic mass is 32.2. The number of carbonyl (C=O) groups excluding carboxylic acids is 1. The van der Waals surface area contributed by atoms with Crippen LogP contribution in [0.4, 0.5) is 4.39 Å². The first-order valence-corrected chi connectivity index (χ1v) is 7.54. The lowest BCUT2D eigenvalue weighted by molar-refractivity contribution is -0.146. The Morgan fingerprint density at radius 1 is 1.35 bits per heavy atom. The van der Waals surface area contributed by atoms with Gasteiger partial charge in [0.15, 0.2) is 0 Å². The number of thioether (sulfide) groups is 1. The summed E-state index contributed by atoms with van der Waals surface area (Å²) >= 11 is 1.53. The monoisotopic (exact) mass is 297 g/mol. The van der Waals surface area contributed by atoms with Crippen LogP contribution in [0.1, 0.15) is 18.4 Å². The third-order valence-corrected chi connectivity index (χ3v) is 4.55. The molecule has 1 aromatic carbocycles. The molecular weight excluding hydrogens is 281 g/mol. The molecule has 108 valence electrons. The SMILES string of the molecule is O=C(CCc1ccc(F)cc1)N[C@@]1(C(=O)O)CCSC1. The van der Waals surface area contributed by atoms with Gasteiger partial charge in [-0.3, -0.25) is 4.79 Å². The number of carbonyl (C=O) groups is 2. The maximum atomic E-state index is 12.7. The van der Waals surface area contributed by atoms with Gasteiger partial charge in [-0.1, -0.05) is 12.1 Å². The largest absolute Gasteiger partial charge is 0.479 e. The smallest absolute Gasteiger partial charge is 0.330 e. The molecule has 1 fully saturated rings. The number of hydrogen-bond acceptors (Lipinski definition) is 3. The average molecular weight is 297 g/mol. The lowest BCUT2D eigenvalue weighted by atomic mass is 9.98. The van der Waals surface area contributed by atoms with Gasteiger partial charge in [-0.15, -0.1) is 0 Å². The van der Waals surface area contributed by atoms with Crippen LogP contribution in [0.3, 0.4) is 0 Å². The fraction of sp³-hybridized carbons (Fsp3) is 0.429. The van der Waals surface area contributed by atoms with Crippen molar-refractivity contribution in [3.05, 3.63) is 35.6 Å². The van der Waals surface area contributed by atoms with Crippen molar-refractivity contribution in [3.63, 3.8) is 0 Å². The van der Waals surface area contributed by atoms with E-state index in [1.807, 2.05) is 0 Å². The fourth-order valence-corrected chi connectivity index (χ4v) is 3.45. The molecule has 2 N–H and O–H groups in total. The van der Waals surface area contributed by atoms with E-state index in [0.717, 1.165) is 11.3 Å². The lowest BCUT2D eigenvalue weighted by Gasteiger charge is -2.24. The zero-order valence-electron chi connectivity index (χ0n) is 10.9. The molecule has 1 aliphatic rings. The van der Waals surface area contributed by atoms with Crippen molar-refractivity contribution in [2.24, 2.45) is 0 Å². The molecule has 0 radical (unpaired) electrons. The summed E-state index contributed by atoms with van der Waals surface area (Å²) in [5, 5.41) is 11.9. The molecule has 1 aliphatic heterocycles. The highest BCUT2D eigenvalue weighted by Gasteiger charge is 2.43.